The summed E-state index contributed by atoms with van der Waals surface area (Å²) in [6.45, 7) is 2.44. The molecule has 0 radical (unpaired) electrons. The fourth-order valence-corrected chi connectivity index (χ4v) is 5.07. The number of piperidine rings is 1. The molecule has 3 aliphatic rings. The predicted octanol–water partition coefficient (Wildman–Crippen LogP) is 3.59. The van der Waals surface area contributed by atoms with Crippen LogP contribution in [0.25, 0.3) is 0 Å². The standard InChI is InChI=1S/C12H19Cl2N/c13-12(14)10-6-2-3-7-11(10,12)15-8-4-1-5-9-15/h10H,1-9H2. The number of likely N-dealkylation sites (tertiary alicyclic amines) is 1. The molecule has 0 aromatic heterocycles. The molecule has 0 N–H and O–H groups in total. The summed E-state index contributed by atoms with van der Waals surface area (Å²) in [5.74, 6) is 0.556. The molecule has 2 unspecified atom stereocenters. The zero-order valence-electron chi connectivity index (χ0n) is 9.14. The third kappa shape index (κ3) is 1.33. The summed E-state index contributed by atoms with van der Waals surface area (Å²) in [5, 5.41) is 0. The summed E-state index contributed by atoms with van der Waals surface area (Å²) in [5.41, 5.74) is 0.175. The number of hydrogen-bond donors (Lipinski definition) is 0. The Balaban J connectivity index is 1.82. The fourth-order valence-electron chi connectivity index (χ4n) is 3.90. The van der Waals surface area contributed by atoms with Gasteiger partial charge in [-0.3, -0.25) is 4.90 Å². The van der Waals surface area contributed by atoms with E-state index in [-0.39, 0.29) is 5.54 Å². The van der Waals surface area contributed by atoms with E-state index in [1.54, 1.807) is 0 Å². The van der Waals surface area contributed by atoms with Gasteiger partial charge in [-0.05, 0) is 38.8 Å². The first kappa shape index (κ1) is 10.7. The van der Waals surface area contributed by atoms with Crippen molar-refractivity contribution in [2.45, 2.75) is 54.8 Å². The van der Waals surface area contributed by atoms with Crippen LogP contribution < -0.4 is 0 Å². The summed E-state index contributed by atoms with van der Waals surface area (Å²) < 4.78 is -0.430. The van der Waals surface area contributed by atoms with Crippen molar-refractivity contribution in [3.05, 3.63) is 0 Å². The third-order valence-electron chi connectivity index (χ3n) is 4.73. The molecule has 2 saturated carbocycles. The zero-order valence-corrected chi connectivity index (χ0v) is 10.7. The number of hydrogen-bond acceptors (Lipinski definition) is 1. The lowest BCUT2D eigenvalue weighted by Gasteiger charge is -2.38. The highest BCUT2D eigenvalue weighted by Gasteiger charge is 2.77. The van der Waals surface area contributed by atoms with E-state index >= 15 is 0 Å². The molecule has 0 aromatic carbocycles. The number of rotatable bonds is 1. The SMILES string of the molecule is ClC1(Cl)C2CCCCC21N1CCCCC1. The average Bonchev–Trinajstić information content (AvgIpc) is 2.80. The van der Waals surface area contributed by atoms with Gasteiger partial charge in [0, 0.05) is 5.92 Å². The molecule has 0 bridgehead atoms. The Hall–Kier alpha value is 0.540. The van der Waals surface area contributed by atoms with Gasteiger partial charge in [-0.15, -0.1) is 0 Å². The summed E-state index contributed by atoms with van der Waals surface area (Å²) in [4.78, 5) is 2.61. The monoisotopic (exact) mass is 247 g/mol. The largest absolute Gasteiger partial charge is 0.294 e. The van der Waals surface area contributed by atoms with E-state index in [9.17, 15) is 0 Å². The minimum absolute atomic E-state index is 0.175. The minimum atomic E-state index is -0.430. The highest BCUT2D eigenvalue weighted by atomic mass is 35.5. The first-order valence-corrected chi connectivity index (χ1v) is 7.08. The Labute approximate surface area is 102 Å². The summed E-state index contributed by atoms with van der Waals surface area (Å²) >= 11 is 13.1. The van der Waals surface area contributed by atoms with Gasteiger partial charge in [0.05, 0.1) is 5.54 Å². The van der Waals surface area contributed by atoms with Crippen LogP contribution in [0.2, 0.25) is 0 Å². The second-order valence-electron chi connectivity index (χ2n) is 5.39. The van der Waals surface area contributed by atoms with Gasteiger partial charge < -0.3 is 0 Å². The molecule has 2 atom stereocenters. The van der Waals surface area contributed by atoms with E-state index in [0.29, 0.717) is 5.92 Å². The molecular weight excluding hydrogens is 229 g/mol. The molecule has 15 heavy (non-hydrogen) atoms. The second kappa shape index (κ2) is 3.51. The summed E-state index contributed by atoms with van der Waals surface area (Å²) in [6, 6.07) is 0. The molecule has 1 heterocycles. The molecular formula is C12H19Cl2N. The van der Waals surface area contributed by atoms with Crippen LogP contribution in [-0.4, -0.2) is 27.9 Å². The molecule has 1 aliphatic heterocycles. The van der Waals surface area contributed by atoms with Gasteiger partial charge in [-0.25, -0.2) is 0 Å². The Kier molecular flexibility index (Phi) is 2.50. The van der Waals surface area contributed by atoms with Crippen molar-refractivity contribution in [2.75, 3.05) is 13.1 Å². The maximum absolute atomic E-state index is 6.53. The quantitative estimate of drug-likeness (QED) is 0.641. The Morgan fingerprint density at radius 1 is 0.933 bits per heavy atom. The van der Waals surface area contributed by atoms with E-state index in [1.807, 2.05) is 0 Å². The Bertz CT molecular complexity index is 260. The van der Waals surface area contributed by atoms with Crippen LogP contribution in [0.3, 0.4) is 0 Å². The van der Waals surface area contributed by atoms with E-state index in [1.165, 1.54) is 58.0 Å². The molecule has 2 aliphatic carbocycles. The Morgan fingerprint density at radius 2 is 1.67 bits per heavy atom. The lowest BCUT2D eigenvalue weighted by molar-refractivity contribution is 0.109. The number of fused-ring (bicyclic) bond motifs is 1. The molecule has 0 spiro atoms. The molecule has 3 rings (SSSR count). The third-order valence-corrected chi connectivity index (χ3v) is 5.91. The lowest BCUT2D eigenvalue weighted by Crippen LogP contribution is -2.45. The first-order chi connectivity index (χ1) is 7.19. The van der Waals surface area contributed by atoms with Gasteiger partial charge in [0.15, 0.2) is 0 Å². The Morgan fingerprint density at radius 3 is 2.33 bits per heavy atom. The second-order valence-corrected chi connectivity index (χ2v) is 6.78. The van der Waals surface area contributed by atoms with E-state index < -0.39 is 4.33 Å². The van der Waals surface area contributed by atoms with Crippen molar-refractivity contribution in [2.24, 2.45) is 5.92 Å². The van der Waals surface area contributed by atoms with E-state index in [0.717, 1.165) is 0 Å². The van der Waals surface area contributed by atoms with Gasteiger partial charge in [0.25, 0.3) is 0 Å². The predicted molar refractivity (Wildman–Crippen MR) is 64.6 cm³/mol. The molecule has 3 fully saturated rings. The van der Waals surface area contributed by atoms with Crippen molar-refractivity contribution in [1.82, 2.24) is 4.90 Å². The minimum Gasteiger partial charge on any atom is -0.294 e. The van der Waals surface area contributed by atoms with Crippen LogP contribution in [0, 0.1) is 5.92 Å². The van der Waals surface area contributed by atoms with Crippen molar-refractivity contribution in [1.29, 1.82) is 0 Å². The maximum Gasteiger partial charge on any atom is 0.141 e. The van der Waals surface area contributed by atoms with Gasteiger partial charge >= 0.3 is 0 Å². The number of halogens is 2. The number of nitrogens with zero attached hydrogens (tertiary/aromatic N) is 1. The van der Waals surface area contributed by atoms with Crippen LogP contribution in [0.4, 0.5) is 0 Å². The van der Waals surface area contributed by atoms with Crippen molar-refractivity contribution >= 4 is 23.2 Å². The van der Waals surface area contributed by atoms with Crippen molar-refractivity contribution < 1.29 is 0 Å². The molecule has 1 saturated heterocycles. The number of alkyl halides is 2. The maximum atomic E-state index is 6.53. The lowest BCUT2D eigenvalue weighted by atomic mass is 9.92. The van der Waals surface area contributed by atoms with Crippen LogP contribution in [0.5, 0.6) is 0 Å². The van der Waals surface area contributed by atoms with E-state index in [2.05, 4.69) is 4.90 Å². The summed E-state index contributed by atoms with van der Waals surface area (Å²) in [6.07, 6.45) is 9.15. The van der Waals surface area contributed by atoms with Gasteiger partial charge in [0.1, 0.15) is 4.33 Å². The smallest absolute Gasteiger partial charge is 0.141 e. The van der Waals surface area contributed by atoms with Crippen molar-refractivity contribution in [3.8, 4) is 0 Å². The molecule has 0 aromatic rings. The van der Waals surface area contributed by atoms with Crippen LogP contribution in [-0.2, 0) is 0 Å². The van der Waals surface area contributed by atoms with Gasteiger partial charge in [-0.1, -0.05) is 42.5 Å². The zero-order chi connectivity index (χ0) is 10.5. The topological polar surface area (TPSA) is 3.24 Å². The van der Waals surface area contributed by atoms with Crippen molar-refractivity contribution in [3.63, 3.8) is 0 Å². The average molecular weight is 248 g/mol. The first-order valence-electron chi connectivity index (χ1n) is 6.32. The van der Waals surface area contributed by atoms with Gasteiger partial charge in [-0.2, -0.15) is 0 Å². The molecule has 86 valence electrons. The van der Waals surface area contributed by atoms with Crippen LogP contribution in [0.1, 0.15) is 44.9 Å². The highest BCUT2D eigenvalue weighted by molar-refractivity contribution is 6.52. The molecule has 1 nitrogen and oxygen atoms in total. The normalized spacial score (nSPS) is 44.8. The summed E-state index contributed by atoms with van der Waals surface area (Å²) in [7, 11) is 0. The highest BCUT2D eigenvalue weighted by Crippen LogP contribution is 2.71. The van der Waals surface area contributed by atoms with E-state index in [4.69, 9.17) is 23.2 Å². The van der Waals surface area contributed by atoms with Crippen LogP contribution in [0.15, 0.2) is 0 Å². The van der Waals surface area contributed by atoms with Crippen LogP contribution >= 0.6 is 23.2 Å². The fraction of sp³-hybridized carbons (Fsp3) is 1.00. The van der Waals surface area contributed by atoms with Gasteiger partial charge in [0.2, 0.25) is 0 Å². The molecule has 3 heteroatoms. The molecule has 0 amide bonds.